The Morgan fingerprint density at radius 1 is 1.21 bits per heavy atom. The van der Waals surface area contributed by atoms with Crippen molar-refractivity contribution in [1.82, 2.24) is 5.32 Å². The number of ether oxygens (including phenoxy) is 1. The molecule has 0 saturated heterocycles. The molecule has 1 N–H and O–H groups in total. The van der Waals surface area contributed by atoms with Crippen LogP contribution in [0.15, 0.2) is 24.3 Å². The molecular weight excluding hydrogens is 234 g/mol. The highest BCUT2D eigenvalue weighted by Crippen LogP contribution is 2.39. The third kappa shape index (κ3) is 3.50. The van der Waals surface area contributed by atoms with Gasteiger partial charge in [-0.05, 0) is 44.7 Å². The summed E-state index contributed by atoms with van der Waals surface area (Å²) in [5.41, 5.74) is 1.33. The smallest absolute Gasteiger partial charge is 0.124 e. The maximum Gasteiger partial charge on any atom is 0.124 e. The molecule has 1 aliphatic rings. The van der Waals surface area contributed by atoms with E-state index < -0.39 is 0 Å². The summed E-state index contributed by atoms with van der Waals surface area (Å²) in [6.45, 7) is 5.15. The number of rotatable bonds is 5. The van der Waals surface area contributed by atoms with Gasteiger partial charge in [0.05, 0.1) is 6.61 Å². The molecule has 2 heteroatoms. The molecule has 1 aliphatic carbocycles. The SMILES string of the molecule is CCOc1ccccc1C(NC)C1CCC(C)CC1. The second-order valence-electron chi connectivity index (χ2n) is 5.76. The number of nitrogens with one attached hydrogen (secondary N) is 1. The monoisotopic (exact) mass is 261 g/mol. The van der Waals surface area contributed by atoms with Crippen LogP contribution in [0.25, 0.3) is 0 Å². The van der Waals surface area contributed by atoms with E-state index in [4.69, 9.17) is 4.74 Å². The van der Waals surface area contributed by atoms with Gasteiger partial charge in [-0.2, -0.15) is 0 Å². The molecule has 0 heterocycles. The number of hydrogen-bond donors (Lipinski definition) is 1. The van der Waals surface area contributed by atoms with Crippen molar-refractivity contribution >= 4 is 0 Å². The molecule has 1 unspecified atom stereocenters. The largest absolute Gasteiger partial charge is 0.494 e. The Balaban J connectivity index is 2.17. The van der Waals surface area contributed by atoms with Gasteiger partial charge < -0.3 is 10.1 Å². The van der Waals surface area contributed by atoms with Gasteiger partial charge in [0, 0.05) is 11.6 Å². The predicted octanol–water partition coefficient (Wildman–Crippen LogP) is 4.17. The van der Waals surface area contributed by atoms with Gasteiger partial charge in [-0.3, -0.25) is 0 Å². The van der Waals surface area contributed by atoms with Crippen molar-refractivity contribution in [3.63, 3.8) is 0 Å². The van der Waals surface area contributed by atoms with E-state index in [9.17, 15) is 0 Å². The fraction of sp³-hybridized carbons (Fsp3) is 0.647. The zero-order chi connectivity index (χ0) is 13.7. The fourth-order valence-electron chi connectivity index (χ4n) is 3.29. The Hall–Kier alpha value is -1.02. The van der Waals surface area contributed by atoms with E-state index >= 15 is 0 Å². The first-order chi connectivity index (χ1) is 9.26. The Bertz CT molecular complexity index is 383. The van der Waals surface area contributed by atoms with Crippen LogP contribution in [0.5, 0.6) is 5.75 Å². The molecular formula is C17H27NO. The molecule has 106 valence electrons. The number of benzene rings is 1. The van der Waals surface area contributed by atoms with E-state index in [0.29, 0.717) is 6.04 Å². The van der Waals surface area contributed by atoms with Gasteiger partial charge in [0.2, 0.25) is 0 Å². The minimum absolute atomic E-state index is 0.426. The van der Waals surface area contributed by atoms with Gasteiger partial charge in [-0.25, -0.2) is 0 Å². The van der Waals surface area contributed by atoms with Crippen LogP contribution in [0.4, 0.5) is 0 Å². The Labute approximate surface area is 117 Å². The quantitative estimate of drug-likeness (QED) is 0.859. The molecule has 1 saturated carbocycles. The topological polar surface area (TPSA) is 21.3 Å². The van der Waals surface area contributed by atoms with Crippen molar-refractivity contribution in [3.05, 3.63) is 29.8 Å². The predicted molar refractivity (Wildman–Crippen MR) is 80.5 cm³/mol. The van der Waals surface area contributed by atoms with Gasteiger partial charge in [0.1, 0.15) is 5.75 Å². The first-order valence-electron chi connectivity index (χ1n) is 7.65. The molecule has 1 fully saturated rings. The van der Waals surface area contributed by atoms with Crippen molar-refractivity contribution in [2.45, 2.75) is 45.6 Å². The Morgan fingerprint density at radius 3 is 2.53 bits per heavy atom. The first kappa shape index (κ1) is 14.4. The molecule has 1 aromatic rings. The van der Waals surface area contributed by atoms with Crippen LogP contribution in [0.2, 0.25) is 0 Å². The van der Waals surface area contributed by atoms with Crippen molar-refractivity contribution in [1.29, 1.82) is 0 Å². The van der Waals surface area contributed by atoms with Gasteiger partial charge in [-0.15, -0.1) is 0 Å². The molecule has 0 radical (unpaired) electrons. The highest BCUT2D eigenvalue weighted by Gasteiger charge is 2.27. The number of hydrogen-bond acceptors (Lipinski definition) is 2. The zero-order valence-electron chi connectivity index (χ0n) is 12.5. The van der Waals surface area contributed by atoms with E-state index in [-0.39, 0.29) is 0 Å². The molecule has 2 rings (SSSR count). The summed E-state index contributed by atoms with van der Waals surface area (Å²) in [5.74, 6) is 2.68. The van der Waals surface area contributed by atoms with Crippen LogP contribution in [-0.4, -0.2) is 13.7 Å². The Kier molecular flexibility index (Phi) is 5.26. The summed E-state index contributed by atoms with van der Waals surface area (Å²) < 4.78 is 5.79. The summed E-state index contributed by atoms with van der Waals surface area (Å²) in [7, 11) is 2.07. The van der Waals surface area contributed by atoms with E-state index in [1.54, 1.807) is 0 Å². The molecule has 0 aliphatic heterocycles. The van der Waals surface area contributed by atoms with Crippen molar-refractivity contribution in [2.24, 2.45) is 11.8 Å². The summed E-state index contributed by atoms with van der Waals surface area (Å²) in [4.78, 5) is 0. The van der Waals surface area contributed by atoms with Crippen molar-refractivity contribution in [3.8, 4) is 5.75 Å². The molecule has 1 atom stereocenters. The second-order valence-corrected chi connectivity index (χ2v) is 5.76. The lowest BCUT2D eigenvalue weighted by molar-refractivity contribution is 0.232. The van der Waals surface area contributed by atoms with Crippen molar-refractivity contribution < 1.29 is 4.74 Å². The van der Waals surface area contributed by atoms with Crippen LogP contribution in [0.1, 0.15) is 51.1 Å². The van der Waals surface area contributed by atoms with Crippen LogP contribution in [-0.2, 0) is 0 Å². The normalized spacial score (nSPS) is 25.0. The molecule has 1 aromatic carbocycles. The fourth-order valence-corrected chi connectivity index (χ4v) is 3.29. The summed E-state index contributed by atoms with van der Waals surface area (Å²) in [6, 6.07) is 8.91. The highest BCUT2D eigenvalue weighted by atomic mass is 16.5. The summed E-state index contributed by atoms with van der Waals surface area (Å²) in [5, 5.41) is 3.52. The van der Waals surface area contributed by atoms with Gasteiger partial charge >= 0.3 is 0 Å². The van der Waals surface area contributed by atoms with Gasteiger partial charge in [-0.1, -0.05) is 38.0 Å². The standard InChI is InChI=1S/C17H27NO/c1-4-19-16-8-6-5-7-15(16)17(18-3)14-11-9-13(2)10-12-14/h5-8,13-14,17-18H,4,9-12H2,1-3H3. The van der Waals surface area contributed by atoms with Crippen LogP contribution in [0.3, 0.4) is 0 Å². The average molecular weight is 261 g/mol. The molecule has 0 aromatic heterocycles. The number of para-hydroxylation sites is 1. The lowest BCUT2D eigenvalue weighted by Gasteiger charge is -2.33. The zero-order valence-corrected chi connectivity index (χ0v) is 12.5. The van der Waals surface area contributed by atoms with Gasteiger partial charge in [0.25, 0.3) is 0 Å². The van der Waals surface area contributed by atoms with E-state index in [0.717, 1.165) is 24.2 Å². The minimum Gasteiger partial charge on any atom is -0.494 e. The van der Waals surface area contributed by atoms with E-state index in [1.165, 1.54) is 31.2 Å². The second kappa shape index (κ2) is 6.95. The van der Waals surface area contributed by atoms with Gasteiger partial charge in [0.15, 0.2) is 0 Å². The van der Waals surface area contributed by atoms with Crippen LogP contribution in [0, 0.1) is 11.8 Å². The maximum absolute atomic E-state index is 5.79. The molecule has 2 nitrogen and oxygen atoms in total. The summed E-state index contributed by atoms with van der Waals surface area (Å²) >= 11 is 0. The first-order valence-corrected chi connectivity index (χ1v) is 7.65. The third-order valence-corrected chi connectivity index (χ3v) is 4.40. The third-order valence-electron chi connectivity index (χ3n) is 4.40. The molecule has 0 amide bonds. The maximum atomic E-state index is 5.79. The van der Waals surface area contributed by atoms with E-state index in [2.05, 4.69) is 43.6 Å². The van der Waals surface area contributed by atoms with E-state index in [1.807, 2.05) is 6.92 Å². The van der Waals surface area contributed by atoms with Crippen molar-refractivity contribution in [2.75, 3.05) is 13.7 Å². The summed E-state index contributed by atoms with van der Waals surface area (Å²) in [6.07, 6.45) is 5.37. The lowest BCUT2D eigenvalue weighted by Crippen LogP contribution is -2.28. The van der Waals surface area contributed by atoms with Crippen LogP contribution < -0.4 is 10.1 Å². The Morgan fingerprint density at radius 2 is 1.89 bits per heavy atom. The highest BCUT2D eigenvalue weighted by molar-refractivity contribution is 5.36. The van der Waals surface area contributed by atoms with Crippen LogP contribution >= 0.6 is 0 Å². The lowest BCUT2D eigenvalue weighted by atomic mass is 9.77. The molecule has 0 bridgehead atoms. The minimum atomic E-state index is 0.426. The molecule has 0 spiro atoms. The molecule has 19 heavy (non-hydrogen) atoms. The average Bonchev–Trinajstić information content (AvgIpc) is 2.44.